The van der Waals surface area contributed by atoms with E-state index in [1.807, 2.05) is 30.5 Å². The third kappa shape index (κ3) is 3.81. The molecule has 0 spiro atoms. The van der Waals surface area contributed by atoms with Crippen molar-refractivity contribution in [3.8, 4) is 5.75 Å². The number of aryl methyl sites for hydroxylation is 3. The predicted molar refractivity (Wildman–Crippen MR) is 105 cm³/mol. The molecule has 1 heterocycles. The van der Waals surface area contributed by atoms with Gasteiger partial charge < -0.3 is 14.4 Å². The van der Waals surface area contributed by atoms with Crippen molar-refractivity contribution in [1.82, 2.24) is 4.57 Å². The van der Waals surface area contributed by atoms with E-state index in [-0.39, 0.29) is 5.56 Å². The van der Waals surface area contributed by atoms with E-state index in [0.29, 0.717) is 23.6 Å². The molecule has 0 aliphatic carbocycles. The molecule has 0 bridgehead atoms. The molecule has 26 heavy (non-hydrogen) atoms. The number of ether oxygens (including phenoxy) is 1. The summed E-state index contributed by atoms with van der Waals surface area (Å²) >= 11 is 12.2. The van der Waals surface area contributed by atoms with E-state index in [0.717, 1.165) is 33.8 Å². The number of carboxylic acids is 1. The monoisotopic (exact) mass is 391 g/mol. The van der Waals surface area contributed by atoms with E-state index in [1.165, 1.54) is 0 Å². The van der Waals surface area contributed by atoms with Crippen molar-refractivity contribution in [1.29, 1.82) is 0 Å². The van der Waals surface area contributed by atoms with Gasteiger partial charge in [-0.2, -0.15) is 0 Å². The van der Waals surface area contributed by atoms with Crippen LogP contribution in [0.1, 0.15) is 27.9 Å². The maximum Gasteiger partial charge on any atom is 0.337 e. The standard InChI is InChI=1S/C20H19Cl2NO3/c1-12-8-15(9-13(2)19(12)22)26-7-3-6-23-11-17(20(24)25)16-5-4-14(21)10-18(16)23/h4-5,8-11H,3,6-7H2,1-2H3,(H,24,25). The van der Waals surface area contributed by atoms with Crippen LogP contribution in [-0.2, 0) is 6.54 Å². The average Bonchev–Trinajstić information content (AvgIpc) is 2.94. The molecule has 4 nitrogen and oxygen atoms in total. The number of aromatic carboxylic acids is 1. The zero-order valence-electron chi connectivity index (χ0n) is 14.6. The summed E-state index contributed by atoms with van der Waals surface area (Å²) in [5.41, 5.74) is 3.06. The van der Waals surface area contributed by atoms with Crippen LogP contribution in [0.5, 0.6) is 5.75 Å². The second-order valence-corrected chi connectivity index (χ2v) is 7.09. The normalized spacial score (nSPS) is 11.1. The Bertz CT molecular complexity index is 956. The van der Waals surface area contributed by atoms with Gasteiger partial charge in [-0.25, -0.2) is 4.79 Å². The lowest BCUT2D eigenvalue weighted by atomic mass is 10.1. The second kappa shape index (κ2) is 7.60. The summed E-state index contributed by atoms with van der Waals surface area (Å²) in [7, 11) is 0. The Morgan fingerprint density at radius 3 is 2.50 bits per heavy atom. The van der Waals surface area contributed by atoms with E-state index < -0.39 is 5.97 Å². The largest absolute Gasteiger partial charge is 0.494 e. The van der Waals surface area contributed by atoms with Crippen molar-refractivity contribution in [2.75, 3.05) is 6.61 Å². The Hall–Kier alpha value is -2.17. The summed E-state index contributed by atoms with van der Waals surface area (Å²) < 4.78 is 7.73. The molecule has 2 aromatic carbocycles. The van der Waals surface area contributed by atoms with Crippen molar-refractivity contribution in [2.45, 2.75) is 26.8 Å². The molecular weight excluding hydrogens is 373 g/mol. The van der Waals surface area contributed by atoms with Gasteiger partial charge >= 0.3 is 5.97 Å². The lowest BCUT2D eigenvalue weighted by molar-refractivity contribution is 0.0699. The number of hydrogen-bond acceptors (Lipinski definition) is 2. The summed E-state index contributed by atoms with van der Waals surface area (Å²) in [4.78, 5) is 11.4. The zero-order valence-corrected chi connectivity index (χ0v) is 16.1. The highest BCUT2D eigenvalue weighted by Crippen LogP contribution is 2.27. The van der Waals surface area contributed by atoms with Crippen molar-refractivity contribution in [3.05, 3.63) is 63.3 Å². The molecule has 136 valence electrons. The van der Waals surface area contributed by atoms with Crippen LogP contribution in [0.4, 0.5) is 0 Å². The topological polar surface area (TPSA) is 51.5 Å². The smallest absolute Gasteiger partial charge is 0.337 e. The number of aromatic nitrogens is 1. The molecule has 1 N–H and O–H groups in total. The quantitative estimate of drug-likeness (QED) is 0.545. The minimum atomic E-state index is -0.945. The van der Waals surface area contributed by atoms with Crippen LogP contribution in [0.25, 0.3) is 10.9 Å². The molecule has 3 aromatic rings. The van der Waals surface area contributed by atoms with Gasteiger partial charge in [0.05, 0.1) is 17.7 Å². The third-order valence-electron chi connectivity index (χ3n) is 4.30. The maximum absolute atomic E-state index is 11.4. The van der Waals surface area contributed by atoms with Crippen LogP contribution in [0.2, 0.25) is 10.0 Å². The second-order valence-electron chi connectivity index (χ2n) is 6.28. The number of rotatable bonds is 6. The van der Waals surface area contributed by atoms with E-state index in [4.69, 9.17) is 27.9 Å². The van der Waals surface area contributed by atoms with Gasteiger partial charge in [0.1, 0.15) is 5.75 Å². The van der Waals surface area contributed by atoms with Gasteiger partial charge in [0, 0.05) is 28.2 Å². The molecule has 3 rings (SSSR count). The third-order valence-corrected chi connectivity index (χ3v) is 5.13. The molecule has 0 radical (unpaired) electrons. The summed E-state index contributed by atoms with van der Waals surface area (Å²) in [5.74, 6) is -0.157. The van der Waals surface area contributed by atoms with Gasteiger partial charge in [-0.3, -0.25) is 0 Å². The van der Waals surface area contributed by atoms with Gasteiger partial charge in [-0.05, 0) is 55.7 Å². The van der Waals surface area contributed by atoms with E-state index in [9.17, 15) is 9.90 Å². The van der Waals surface area contributed by atoms with Gasteiger partial charge in [-0.1, -0.05) is 29.3 Å². The first kappa shape index (κ1) is 18.6. The Labute approximate surface area is 161 Å². The predicted octanol–water partition coefficient (Wildman–Crippen LogP) is 5.73. The van der Waals surface area contributed by atoms with Crippen LogP contribution < -0.4 is 4.74 Å². The number of hydrogen-bond donors (Lipinski definition) is 1. The first-order valence-electron chi connectivity index (χ1n) is 8.28. The Kier molecular flexibility index (Phi) is 5.44. The van der Waals surface area contributed by atoms with Gasteiger partial charge in [-0.15, -0.1) is 0 Å². The molecular formula is C20H19Cl2NO3. The summed E-state index contributed by atoms with van der Waals surface area (Å²) in [6.45, 7) is 5.05. The van der Waals surface area contributed by atoms with Gasteiger partial charge in [0.25, 0.3) is 0 Å². The lowest BCUT2D eigenvalue weighted by Crippen LogP contribution is -2.04. The Balaban J connectivity index is 1.70. The molecule has 1 aromatic heterocycles. The maximum atomic E-state index is 11.4. The Morgan fingerprint density at radius 2 is 1.85 bits per heavy atom. The number of halogens is 2. The summed E-state index contributed by atoms with van der Waals surface area (Å²) in [6.07, 6.45) is 2.38. The number of nitrogens with zero attached hydrogens (tertiary/aromatic N) is 1. The van der Waals surface area contributed by atoms with E-state index in [2.05, 4.69) is 0 Å². The zero-order chi connectivity index (χ0) is 18.8. The number of carboxylic acid groups (broad SMARTS) is 1. The van der Waals surface area contributed by atoms with E-state index >= 15 is 0 Å². The fraction of sp³-hybridized carbons (Fsp3) is 0.250. The summed E-state index contributed by atoms with van der Waals surface area (Å²) in [6, 6.07) is 9.07. The van der Waals surface area contributed by atoms with Crippen molar-refractivity contribution >= 4 is 40.1 Å². The minimum absolute atomic E-state index is 0.279. The molecule has 6 heteroatoms. The first-order chi connectivity index (χ1) is 12.4. The number of carbonyl (C=O) groups is 1. The summed E-state index contributed by atoms with van der Waals surface area (Å²) in [5, 5.41) is 11.4. The molecule has 0 atom stereocenters. The molecule has 0 amide bonds. The highest BCUT2D eigenvalue weighted by Gasteiger charge is 2.14. The van der Waals surface area contributed by atoms with Crippen LogP contribution in [-0.4, -0.2) is 22.2 Å². The van der Waals surface area contributed by atoms with Crippen LogP contribution in [0, 0.1) is 13.8 Å². The van der Waals surface area contributed by atoms with Crippen molar-refractivity contribution in [2.24, 2.45) is 0 Å². The van der Waals surface area contributed by atoms with Crippen LogP contribution >= 0.6 is 23.2 Å². The van der Waals surface area contributed by atoms with Gasteiger partial charge in [0.15, 0.2) is 0 Å². The molecule has 0 fully saturated rings. The average molecular weight is 392 g/mol. The fourth-order valence-electron chi connectivity index (χ4n) is 3.03. The van der Waals surface area contributed by atoms with Crippen LogP contribution in [0.3, 0.4) is 0 Å². The van der Waals surface area contributed by atoms with Crippen LogP contribution in [0.15, 0.2) is 36.5 Å². The number of benzene rings is 2. The van der Waals surface area contributed by atoms with Crippen molar-refractivity contribution in [3.63, 3.8) is 0 Å². The van der Waals surface area contributed by atoms with E-state index in [1.54, 1.807) is 24.4 Å². The van der Waals surface area contributed by atoms with Gasteiger partial charge in [0.2, 0.25) is 0 Å². The molecule has 0 saturated carbocycles. The lowest BCUT2D eigenvalue weighted by Gasteiger charge is -2.11. The first-order valence-corrected chi connectivity index (χ1v) is 9.03. The molecule has 0 saturated heterocycles. The number of fused-ring (bicyclic) bond motifs is 1. The Morgan fingerprint density at radius 1 is 1.15 bits per heavy atom. The minimum Gasteiger partial charge on any atom is -0.494 e. The molecule has 0 aliphatic rings. The molecule has 0 aliphatic heterocycles. The highest BCUT2D eigenvalue weighted by atomic mass is 35.5. The van der Waals surface area contributed by atoms with Crippen molar-refractivity contribution < 1.29 is 14.6 Å². The SMILES string of the molecule is Cc1cc(OCCCn2cc(C(=O)O)c3ccc(Cl)cc32)cc(C)c1Cl. The fourth-order valence-corrected chi connectivity index (χ4v) is 3.31. The molecule has 0 unspecified atom stereocenters. The highest BCUT2D eigenvalue weighted by molar-refractivity contribution is 6.32.